The largest absolute Gasteiger partial charge is 0.370 e. The standard InChI is InChI=1S/C11H12F2N2/c1-3-15(4-2)9-6-5-8(7-14)10(12)11(9)13/h5-6H,3-4H2,1-2H3. The summed E-state index contributed by atoms with van der Waals surface area (Å²) in [5.74, 6) is -2.01. The van der Waals surface area contributed by atoms with E-state index in [0.29, 0.717) is 13.1 Å². The first-order chi connectivity index (χ1) is 7.15. The summed E-state index contributed by atoms with van der Waals surface area (Å²) in [6.07, 6.45) is 0. The van der Waals surface area contributed by atoms with Crippen LogP contribution in [0.15, 0.2) is 12.1 Å². The molecule has 80 valence electrons. The molecule has 0 radical (unpaired) electrons. The second-order valence-electron chi connectivity index (χ2n) is 3.04. The molecule has 15 heavy (non-hydrogen) atoms. The fourth-order valence-corrected chi connectivity index (χ4v) is 1.43. The molecule has 0 spiro atoms. The van der Waals surface area contributed by atoms with E-state index < -0.39 is 11.6 Å². The maximum atomic E-state index is 13.5. The summed E-state index contributed by atoms with van der Waals surface area (Å²) in [7, 11) is 0. The van der Waals surface area contributed by atoms with Crippen molar-refractivity contribution in [3.05, 3.63) is 29.3 Å². The number of hydrogen-bond acceptors (Lipinski definition) is 2. The molecule has 0 saturated carbocycles. The van der Waals surface area contributed by atoms with Crippen LogP contribution in [0.1, 0.15) is 19.4 Å². The van der Waals surface area contributed by atoms with Gasteiger partial charge in [-0.2, -0.15) is 5.26 Å². The molecule has 0 fully saturated rings. The molecule has 0 saturated heterocycles. The Morgan fingerprint density at radius 3 is 2.27 bits per heavy atom. The summed E-state index contributed by atoms with van der Waals surface area (Å²) >= 11 is 0. The number of benzene rings is 1. The lowest BCUT2D eigenvalue weighted by atomic mass is 10.2. The summed E-state index contributed by atoms with van der Waals surface area (Å²) < 4.78 is 26.8. The number of nitriles is 1. The molecule has 0 unspecified atom stereocenters. The van der Waals surface area contributed by atoms with Crippen LogP contribution in [-0.2, 0) is 0 Å². The molecule has 0 amide bonds. The van der Waals surface area contributed by atoms with Crippen molar-refractivity contribution < 1.29 is 8.78 Å². The maximum Gasteiger partial charge on any atom is 0.183 e. The first kappa shape index (κ1) is 11.4. The van der Waals surface area contributed by atoms with Crippen molar-refractivity contribution in [1.82, 2.24) is 0 Å². The predicted octanol–water partition coefficient (Wildman–Crippen LogP) is 2.68. The molecule has 4 heteroatoms. The van der Waals surface area contributed by atoms with E-state index in [2.05, 4.69) is 0 Å². The molecule has 1 aromatic carbocycles. The lowest BCUT2D eigenvalue weighted by Gasteiger charge is -2.21. The quantitative estimate of drug-likeness (QED) is 0.766. The van der Waals surface area contributed by atoms with Crippen molar-refractivity contribution in [2.75, 3.05) is 18.0 Å². The second kappa shape index (κ2) is 4.74. The third kappa shape index (κ3) is 2.07. The molecule has 0 aromatic heterocycles. The highest BCUT2D eigenvalue weighted by Crippen LogP contribution is 2.23. The van der Waals surface area contributed by atoms with Gasteiger partial charge >= 0.3 is 0 Å². The molecule has 1 rings (SSSR count). The van der Waals surface area contributed by atoms with Crippen molar-refractivity contribution in [2.45, 2.75) is 13.8 Å². The Balaban J connectivity index is 3.23. The van der Waals surface area contributed by atoms with Gasteiger partial charge in [0.2, 0.25) is 0 Å². The van der Waals surface area contributed by atoms with Crippen LogP contribution in [-0.4, -0.2) is 13.1 Å². The molecule has 1 aromatic rings. The van der Waals surface area contributed by atoms with Crippen LogP contribution in [0.25, 0.3) is 0 Å². The number of hydrogen-bond donors (Lipinski definition) is 0. The van der Waals surface area contributed by atoms with Crippen LogP contribution < -0.4 is 4.90 Å². The van der Waals surface area contributed by atoms with Gasteiger partial charge in [0.25, 0.3) is 0 Å². The molecular weight excluding hydrogens is 198 g/mol. The Bertz CT molecular complexity index is 392. The van der Waals surface area contributed by atoms with Gasteiger partial charge in [0.1, 0.15) is 6.07 Å². The Morgan fingerprint density at radius 1 is 1.20 bits per heavy atom. The Morgan fingerprint density at radius 2 is 1.80 bits per heavy atom. The summed E-state index contributed by atoms with van der Waals surface area (Å²) in [4.78, 5) is 1.69. The number of halogens is 2. The minimum absolute atomic E-state index is 0.205. The zero-order valence-electron chi connectivity index (χ0n) is 8.72. The van der Waals surface area contributed by atoms with Gasteiger partial charge in [-0.05, 0) is 26.0 Å². The summed E-state index contributed by atoms with van der Waals surface area (Å²) in [6, 6.07) is 4.34. The van der Waals surface area contributed by atoms with Gasteiger partial charge in [-0.15, -0.1) is 0 Å². The summed E-state index contributed by atoms with van der Waals surface area (Å²) in [5, 5.41) is 8.52. The molecule has 0 atom stereocenters. The molecule has 0 N–H and O–H groups in total. The fourth-order valence-electron chi connectivity index (χ4n) is 1.43. The van der Waals surface area contributed by atoms with E-state index in [1.54, 1.807) is 11.0 Å². The van der Waals surface area contributed by atoms with Crippen LogP contribution >= 0.6 is 0 Å². The van der Waals surface area contributed by atoms with E-state index in [1.165, 1.54) is 12.1 Å². The highest BCUT2D eigenvalue weighted by Gasteiger charge is 2.16. The summed E-state index contributed by atoms with van der Waals surface area (Å²) in [6.45, 7) is 4.91. The van der Waals surface area contributed by atoms with Gasteiger partial charge in [0.15, 0.2) is 11.6 Å². The van der Waals surface area contributed by atoms with E-state index in [0.717, 1.165) is 0 Å². The number of rotatable bonds is 3. The minimum atomic E-state index is -1.07. The molecule has 0 aliphatic carbocycles. The minimum Gasteiger partial charge on any atom is -0.370 e. The lowest BCUT2D eigenvalue weighted by Crippen LogP contribution is -2.23. The van der Waals surface area contributed by atoms with Crippen LogP contribution in [0.3, 0.4) is 0 Å². The third-order valence-electron chi connectivity index (χ3n) is 2.29. The Hall–Kier alpha value is -1.63. The smallest absolute Gasteiger partial charge is 0.183 e. The van der Waals surface area contributed by atoms with E-state index in [1.807, 2.05) is 13.8 Å². The topological polar surface area (TPSA) is 27.0 Å². The highest BCUT2D eigenvalue weighted by molar-refractivity contribution is 5.51. The SMILES string of the molecule is CCN(CC)c1ccc(C#N)c(F)c1F. The first-order valence-corrected chi connectivity index (χ1v) is 4.78. The molecule has 0 aliphatic rings. The normalized spacial score (nSPS) is 9.80. The first-order valence-electron chi connectivity index (χ1n) is 4.78. The average molecular weight is 210 g/mol. The second-order valence-corrected chi connectivity index (χ2v) is 3.04. The van der Waals surface area contributed by atoms with Crippen LogP contribution in [0, 0.1) is 23.0 Å². The van der Waals surface area contributed by atoms with Crippen molar-refractivity contribution in [3.8, 4) is 6.07 Å². The van der Waals surface area contributed by atoms with Gasteiger partial charge in [-0.25, -0.2) is 8.78 Å². The zero-order chi connectivity index (χ0) is 11.4. The van der Waals surface area contributed by atoms with Crippen LogP contribution in [0.4, 0.5) is 14.5 Å². The zero-order valence-corrected chi connectivity index (χ0v) is 8.72. The van der Waals surface area contributed by atoms with Gasteiger partial charge in [-0.3, -0.25) is 0 Å². The van der Waals surface area contributed by atoms with Gasteiger partial charge in [0.05, 0.1) is 11.3 Å². The maximum absolute atomic E-state index is 13.5. The van der Waals surface area contributed by atoms with Crippen LogP contribution in [0.2, 0.25) is 0 Å². The van der Waals surface area contributed by atoms with Crippen molar-refractivity contribution in [2.24, 2.45) is 0 Å². The van der Waals surface area contributed by atoms with Gasteiger partial charge in [0, 0.05) is 13.1 Å². The van der Waals surface area contributed by atoms with Crippen molar-refractivity contribution >= 4 is 5.69 Å². The van der Waals surface area contributed by atoms with Gasteiger partial charge < -0.3 is 4.90 Å². The lowest BCUT2D eigenvalue weighted by molar-refractivity contribution is 0.504. The molecular formula is C11H12F2N2. The molecule has 0 aliphatic heterocycles. The van der Waals surface area contributed by atoms with Gasteiger partial charge in [-0.1, -0.05) is 0 Å². The van der Waals surface area contributed by atoms with E-state index in [-0.39, 0.29) is 11.3 Å². The third-order valence-corrected chi connectivity index (χ3v) is 2.29. The Labute approximate surface area is 87.7 Å². The van der Waals surface area contributed by atoms with Crippen molar-refractivity contribution in [3.63, 3.8) is 0 Å². The number of nitrogens with zero attached hydrogens (tertiary/aromatic N) is 2. The monoisotopic (exact) mass is 210 g/mol. The van der Waals surface area contributed by atoms with Crippen molar-refractivity contribution in [1.29, 1.82) is 5.26 Å². The summed E-state index contributed by atoms with van der Waals surface area (Å²) in [5.41, 5.74) is -0.0556. The fraction of sp³-hybridized carbons (Fsp3) is 0.364. The van der Waals surface area contributed by atoms with Crippen LogP contribution in [0.5, 0.6) is 0 Å². The predicted molar refractivity (Wildman–Crippen MR) is 54.6 cm³/mol. The van der Waals surface area contributed by atoms with E-state index >= 15 is 0 Å². The Kier molecular flexibility index (Phi) is 3.62. The average Bonchev–Trinajstić information content (AvgIpc) is 2.26. The number of anilines is 1. The molecule has 0 heterocycles. The highest BCUT2D eigenvalue weighted by atomic mass is 19.2. The van der Waals surface area contributed by atoms with E-state index in [4.69, 9.17) is 5.26 Å². The molecule has 0 bridgehead atoms. The molecule has 2 nitrogen and oxygen atoms in total. The van der Waals surface area contributed by atoms with E-state index in [9.17, 15) is 8.78 Å².